The number of aromatic nitrogens is 2. The van der Waals surface area contributed by atoms with Crippen LogP contribution in [0.3, 0.4) is 0 Å². The summed E-state index contributed by atoms with van der Waals surface area (Å²) in [4.78, 5) is 0. The van der Waals surface area contributed by atoms with Crippen LogP contribution in [0, 0.1) is 0 Å². The van der Waals surface area contributed by atoms with E-state index in [0.717, 1.165) is 25.1 Å². The van der Waals surface area contributed by atoms with Crippen LogP contribution in [0.5, 0.6) is 0 Å². The highest BCUT2D eigenvalue weighted by molar-refractivity contribution is 5.78. The van der Waals surface area contributed by atoms with Crippen molar-refractivity contribution >= 4 is 6.21 Å². The molecular weight excluding hydrogens is 322 g/mol. The van der Waals surface area contributed by atoms with Crippen molar-refractivity contribution in [2.75, 3.05) is 0 Å². The number of benzene rings is 1. The third-order valence-electron chi connectivity index (χ3n) is 4.13. The fraction of sp³-hybridized carbons (Fsp3) is 0.136. The maximum Gasteiger partial charge on any atom is 0.169 e. The number of allylic oxidation sites excluding steroid dienone is 2. The molecule has 0 saturated heterocycles. The molecule has 0 amide bonds. The van der Waals surface area contributed by atoms with E-state index in [9.17, 15) is 0 Å². The van der Waals surface area contributed by atoms with Gasteiger partial charge in [0.25, 0.3) is 0 Å². The Morgan fingerprint density at radius 2 is 1.27 bits per heavy atom. The summed E-state index contributed by atoms with van der Waals surface area (Å²) in [6.45, 7) is 1.66. The third-order valence-corrected chi connectivity index (χ3v) is 4.13. The average Bonchev–Trinajstić information content (AvgIpc) is 2.69. The summed E-state index contributed by atoms with van der Waals surface area (Å²) in [5, 5.41) is 11.5. The highest BCUT2D eigenvalue weighted by Gasteiger charge is 2.01. The van der Waals surface area contributed by atoms with Gasteiger partial charge in [0.1, 0.15) is 0 Å². The van der Waals surface area contributed by atoms with Crippen LogP contribution in [0.4, 0.5) is 0 Å². The van der Waals surface area contributed by atoms with Crippen molar-refractivity contribution in [3.05, 3.63) is 108 Å². The molecule has 0 bridgehead atoms. The molecule has 0 spiro atoms. The SMILES string of the molecule is O/N=C\c1cc[n+](C/C=C/C[n+]2ccc(Cc3ccccc3)cc2)cc1. The van der Waals surface area contributed by atoms with Gasteiger partial charge in [-0.1, -0.05) is 35.5 Å². The van der Waals surface area contributed by atoms with Gasteiger partial charge >= 0.3 is 0 Å². The molecule has 0 unspecified atom stereocenters. The predicted octanol–water partition coefficient (Wildman–Crippen LogP) is 2.92. The van der Waals surface area contributed by atoms with E-state index in [1.807, 2.05) is 30.6 Å². The Morgan fingerprint density at radius 1 is 0.731 bits per heavy atom. The average molecular weight is 345 g/mol. The number of rotatable bonds is 7. The number of pyridine rings is 2. The highest BCUT2D eigenvalue weighted by atomic mass is 16.4. The topological polar surface area (TPSA) is 40.4 Å². The molecule has 0 aliphatic carbocycles. The lowest BCUT2D eigenvalue weighted by Gasteiger charge is -2.00. The molecule has 130 valence electrons. The number of nitrogens with zero attached hydrogens (tertiary/aromatic N) is 3. The standard InChI is InChI=1S/C22H22N3O/c26-23-19-22-10-16-25(17-11-22)13-5-4-12-24-14-8-21(9-15-24)18-20-6-2-1-3-7-20/h1-11,14-17,19H,12-13,18H2/q+1/p+1/b5-4+. The molecule has 26 heavy (non-hydrogen) atoms. The minimum absolute atomic E-state index is 0.809. The Balaban J connectivity index is 1.49. The summed E-state index contributed by atoms with van der Waals surface area (Å²) in [6.07, 6.45) is 14.9. The summed E-state index contributed by atoms with van der Waals surface area (Å²) in [6, 6.07) is 18.7. The van der Waals surface area contributed by atoms with E-state index < -0.39 is 0 Å². The van der Waals surface area contributed by atoms with E-state index in [4.69, 9.17) is 5.21 Å². The highest BCUT2D eigenvalue weighted by Crippen LogP contribution is 2.07. The largest absolute Gasteiger partial charge is 0.411 e. The van der Waals surface area contributed by atoms with Gasteiger partial charge in [0.2, 0.25) is 0 Å². The van der Waals surface area contributed by atoms with Gasteiger partial charge in [-0.2, -0.15) is 0 Å². The van der Waals surface area contributed by atoms with Crippen LogP contribution in [0.15, 0.2) is 96.7 Å². The molecule has 1 aromatic carbocycles. The van der Waals surface area contributed by atoms with Crippen LogP contribution >= 0.6 is 0 Å². The van der Waals surface area contributed by atoms with Crippen LogP contribution < -0.4 is 9.13 Å². The van der Waals surface area contributed by atoms with Crippen molar-refractivity contribution in [3.8, 4) is 0 Å². The van der Waals surface area contributed by atoms with Gasteiger partial charge in [-0.3, -0.25) is 0 Å². The van der Waals surface area contributed by atoms with Crippen molar-refractivity contribution in [3.63, 3.8) is 0 Å². The third kappa shape index (κ3) is 5.38. The minimum Gasteiger partial charge on any atom is -0.411 e. The van der Waals surface area contributed by atoms with E-state index in [-0.39, 0.29) is 0 Å². The van der Waals surface area contributed by atoms with E-state index >= 15 is 0 Å². The van der Waals surface area contributed by atoms with Gasteiger partial charge in [-0.15, -0.1) is 0 Å². The maximum absolute atomic E-state index is 8.51. The number of hydrogen-bond donors (Lipinski definition) is 1. The molecule has 0 atom stereocenters. The number of hydrogen-bond acceptors (Lipinski definition) is 2. The summed E-state index contributed by atoms with van der Waals surface area (Å²) in [7, 11) is 0. The van der Waals surface area contributed by atoms with Gasteiger partial charge in [0.15, 0.2) is 37.9 Å². The fourth-order valence-corrected chi connectivity index (χ4v) is 2.70. The van der Waals surface area contributed by atoms with Crippen molar-refractivity contribution < 1.29 is 14.3 Å². The van der Waals surface area contributed by atoms with Crippen molar-refractivity contribution in [2.24, 2.45) is 5.16 Å². The molecule has 0 saturated carbocycles. The first-order valence-corrected chi connectivity index (χ1v) is 8.67. The molecule has 0 fully saturated rings. The second-order valence-corrected chi connectivity index (χ2v) is 6.11. The van der Waals surface area contributed by atoms with E-state index in [1.54, 1.807) is 0 Å². The summed E-state index contributed by atoms with van der Waals surface area (Å²) in [5.74, 6) is 0. The summed E-state index contributed by atoms with van der Waals surface area (Å²) in [5.41, 5.74) is 3.52. The monoisotopic (exact) mass is 345 g/mol. The van der Waals surface area contributed by atoms with Crippen molar-refractivity contribution in [2.45, 2.75) is 19.5 Å². The lowest BCUT2D eigenvalue weighted by molar-refractivity contribution is -0.691. The molecule has 4 heteroatoms. The zero-order valence-electron chi connectivity index (χ0n) is 14.6. The second-order valence-electron chi connectivity index (χ2n) is 6.11. The van der Waals surface area contributed by atoms with E-state index in [1.165, 1.54) is 17.3 Å². The summed E-state index contributed by atoms with van der Waals surface area (Å²) >= 11 is 0. The Labute approximate surface area is 154 Å². The van der Waals surface area contributed by atoms with Gasteiger partial charge in [0.05, 0.1) is 6.21 Å². The van der Waals surface area contributed by atoms with Gasteiger partial charge in [0, 0.05) is 29.8 Å². The van der Waals surface area contributed by atoms with Gasteiger partial charge in [-0.25, -0.2) is 9.13 Å². The normalized spacial score (nSPS) is 11.4. The van der Waals surface area contributed by atoms with Crippen LogP contribution in [-0.4, -0.2) is 11.4 Å². The van der Waals surface area contributed by atoms with Crippen LogP contribution in [0.2, 0.25) is 0 Å². The van der Waals surface area contributed by atoms with Crippen molar-refractivity contribution in [1.82, 2.24) is 0 Å². The van der Waals surface area contributed by atoms with Crippen molar-refractivity contribution in [1.29, 1.82) is 0 Å². The smallest absolute Gasteiger partial charge is 0.169 e. The Hall–Kier alpha value is -3.27. The van der Waals surface area contributed by atoms with E-state index in [0.29, 0.717) is 0 Å². The molecule has 3 aromatic rings. The zero-order chi connectivity index (χ0) is 18.0. The van der Waals surface area contributed by atoms with Gasteiger partial charge in [-0.05, 0) is 29.7 Å². The lowest BCUT2D eigenvalue weighted by atomic mass is 10.1. The fourth-order valence-electron chi connectivity index (χ4n) is 2.70. The molecule has 0 aliphatic rings. The predicted molar refractivity (Wildman–Crippen MR) is 101 cm³/mol. The zero-order valence-corrected chi connectivity index (χ0v) is 14.6. The quantitative estimate of drug-likeness (QED) is 0.231. The van der Waals surface area contributed by atoms with E-state index in [2.05, 4.69) is 75.2 Å². The summed E-state index contributed by atoms with van der Waals surface area (Å²) < 4.78 is 4.23. The lowest BCUT2D eigenvalue weighted by Crippen LogP contribution is -2.33. The van der Waals surface area contributed by atoms with Gasteiger partial charge < -0.3 is 5.21 Å². The minimum atomic E-state index is 0.809. The first-order valence-electron chi connectivity index (χ1n) is 8.67. The first kappa shape index (κ1) is 17.5. The maximum atomic E-state index is 8.51. The molecule has 3 rings (SSSR count). The molecule has 2 aromatic heterocycles. The van der Waals surface area contributed by atoms with Crippen LogP contribution in [-0.2, 0) is 19.5 Å². The number of oxime groups is 1. The molecule has 0 radical (unpaired) electrons. The van der Waals surface area contributed by atoms with Crippen LogP contribution in [0.25, 0.3) is 0 Å². The first-order chi connectivity index (χ1) is 12.8. The molecule has 2 heterocycles. The Morgan fingerprint density at radius 3 is 1.85 bits per heavy atom. The Kier molecular flexibility index (Phi) is 6.26. The molecule has 4 nitrogen and oxygen atoms in total. The Bertz CT molecular complexity index is 854. The molecule has 1 N–H and O–H groups in total. The van der Waals surface area contributed by atoms with Crippen LogP contribution in [0.1, 0.15) is 16.7 Å². The molecular formula is C22H23N3O+2. The molecule has 0 aliphatic heterocycles. The second kappa shape index (κ2) is 9.28.